The number of rotatable bonds is 5. The van der Waals surface area contributed by atoms with E-state index >= 15 is 0 Å². The third kappa shape index (κ3) is 3.62. The van der Waals surface area contributed by atoms with Gasteiger partial charge in [-0.15, -0.1) is 10.2 Å². The van der Waals surface area contributed by atoms with Gasteiger partial charge in [0.15, 0.2) is 5.82 Å². The number of benzene rings is 1. The van der Waals surface area contributed by atoms with E-state index in [2.05, 4.69) is 25.5 Å². The van der Waals surface area contributed by atoms with Gasteiger partial charge in [-0.1, -0.05) is 6.07 Å². The van der Waals surface area contributed by atoms with Crippen LogP contribution < -0.4 is 11.1 Å². The summed E-state index contributed by atoms with van der Waals surface area (Å²) < 4.78 is 3.80. The van der Waals surface area contributed by atoms with Crippen LogP contribution in [0.1, 0.15) is 46.2 Å². The Morgan fingerprint density at radius 3 is 2.72 bits per heavy atom. The zero-order valence-electron chi connectivity index (χ0n) is 18.2. The summed E-state index contributed by atoms with van der Waals surface area (Å²) in [5.41, 5.74) is 10.5. The van der Waals surface area contributed by atoms with Gasteiger partial charge in [0.1, 0.15) is 17.3 Å². The van der Waals surface area contributed by atoms with Crippen LogP contribution in [0, 0.1) is 13.8 Å². The maximum Gasteiger partial charge on any atom is 0.258 e. The SMILES string of the molecule is Cc1cc(N)c(C(=O)Nc2cccc(-c3nnc(C)n3C)n2)cc1-n1cnc(C2CC2)c1. The molecule has 0 aliphatic heterocycles. The first-order chi connectivity index (χ1) is 15.4. The van der Waals surface area contributed by atoms with Crippen LogP contribution in [0.25, 0.3) is 17.2 Å². The molecular weight excluding hydrogens is 404 g/mol. The number of amides is 1. The lowest BCUT2D eigenvalue weighted by molar-refractivity contribution is 0.102. The molecule has 1 aromatic carbocycles. The van der Waals surface area contributed by atoms with Crippen LogP contribution in [0.2, 0.25) is 0 Å². The molecule has 1 aliphatic rings. The quantitative estimate of drug-likeness (QED) is 0.471. The topological polar surface area (TPSA) is 117 Å². The van der Waals surface area contributed by atoms with E-state index in [-0.39, 0.29) is 5.91 Å². The largest absolute Gasteiger partial charge is 0.398 e. The van der Waals surface area contributed by atoms with Gasteiger partial charge in [-0.2, -0.15) is 0 Å². The number of aromatic nitrogens is 6. The van der Waals surface area contributed by atoms with Gasteiger partial charge in [0, 0.05) is 24.8 Å². The molecule has 9 heteroatoms. The first-order valence-electron chi connectivity index (χ1n) is 10.5. The summed E-state index contributed by atoms with van der Waals surface area (Å²) in [5.74, 6) is 2.05. The monoisotopic (exact) mass is 428 g/mol. The van der Waals surface area contributed by atoms with Gasteiger partial charge >= 0.3 is 0 Å². The van der Waals surface area contributed by atoms with Gasteiger partial charge in [0.05, 0.1) is 23.3 Å². The minimum Gasteiger partial charge on any atom is -0.398 e. The second-order valence-corrected chi connectivity index (χ2v) is 8.20. The fourth-order valence-corrected chi connectivity index (χ4v) is 3.70. The van der Waals surface area contributed by atoms with Crippen LogP contribution in [0.5, 0.6) is 0 Å². The maximum absolute atomic E-state index is 13.1. The Balaban J connectivity index is 1.43. The number of carbonyl (C=O) groups excluding carboxylic acids is 1. The van der Waals surface area contributed by atoms with E-state index in [4.69, 9.17) is 5.73 Å². The molecule has 3 heterocycles. The van der Waals surface area contributed by atoms with Crippen molar-refractivity contribution in [2.75, 3.05) is 11.1 Å². The molecule has 0 atom stereocenters. The van der Waals surface area contributed by atoms with E-state index in [0.29, 0.717) is 34.5 Å². The van der Waals surface area contributed by atoms with E-state index in [1.54, 1.807) is 18.5 Å². The lowest BCUT2D eigenvalue weighted by atomic mass is 10.1. The molecule has 0 bridgehead atoms. The normalized spacial score (nSPS) is 13.3. The molecule has 3 aromatic heterocycles. The number of hydrogen-bond donors (Lipinski definition) is 2. The van der Waals surface area contributed by atoms with Crippen LogP contribution in [-0.2, 0) is 7.05 Å². The van der Waals surface area contributed by atoms with Crippen molar-refractivity contribution in [3.8, 4) is 17.2 Å². The lowest BCUT2D eigenvalue weighted by Gasteiger charge is -2.13. The zero-order valence-corrected chi connectivity index (χ0v) is 18.2. The van der Waals surface area contributed by atoms with E-state index < -0.39 is 0 Å². The van der Waals surface area contributed by atoms with Crippen LogP contribution >= 0.6 is 0 Å². The highest BCUT2D eigenvalue weighted by Gasteiger charge is 2.26. The highest BCUT2D eigenvalue weighted by molar-refractivity contribution is 6.08. The number of hydrogen-bond acceptors (Lipinski definition) is 6. The third-order valence-electron chi connectivity index (χ3n) is 5.80. The zero-order chi connectivity index (χ0) is 22.4. The fraction of sp³-hybridized carbons (Fsp3) is 0.261. The molecule has 32 heavy (non-hydrogen) atoms. The Labute approximate surface area is 185 Å². The second kappa shape index (κ2) is 7.60. The number of anilines is 2. The van der Waals surface area contributed by atoms with Crippen molar-refractivity contribution in [2.45, 2.75) is 32.6 Å². The number of imidazole rings is 1. The molecule has 162 valence electrons. The van der Waals surface area contributed by atoms with Crippen molar-refractivity contribution in [3.05, 3.63) is 65.5 Å². The molecule has 4 aromatic rings. The number of nitrogens with one attached hydrogen (secondary N) is 1. The number of nitrogens with zero attached hydrogens (tertiary/aromatic N) is 6. The Kier molecular flexibility index (Phi) is 4.73. The summed E-state index contributed by atoms with van der Waals surface area (Å²) in [6.07, 6.45) is 6.20. The van der Waals surface area contributed by atoms with Gasteiger partial charge in [0.25, 0.3) is 5.91 Å². The Bertz CT molecular complexity index is 1330. The average molecular weight is 429 g/mol. The van der Waals surface area contributed by atoms with Crippen LogP contribution in [0.4, 0.5) is 11.5 Å². The molecule has 1 saturated carbocycles. The van der Waals surface area contributed by atoms with Crippen molar-refractivity contribution in [1.29, 1.82) is 0 Å². The third-order valence-corrected chi connectivity index (χ3v) is 5.80. The Morgan fingerprint density at radius 2 is 2.00 bits per heavy atom. The summed E-state index contributed by atoms with van der Waals surface area (Å²) in [6.45, 7) is 3.84. The number of nitrogens with two attached hydrogens (primary N) is 1. The molecule has 5 rings (SSSR count). The summed E-state index contributed by atoms with van der Waals surface area (Å²) in [7, 11) is 1.87. The predicted molar refractivity (Wildman–Crippen MR) is 122 cm³/mol. The van der Waals surface area contributed by atoms with Crippen LogP contribution in [0.3, 0.4) is 0 Å². The molecule has 0 radical (unpaired) electrons. The van der Waals surface area contributed by atoms with E-state index in [0.717, 1.165) is 22.8 Å². The van der Waals surface area contributed by atoms with Gasteiger partial charge < -0.3 is 20.2 Å². The molecule has 0 spiro atoms. The molecular formula is C23H24N8O. The minimum absolute atomic E-state index is 0.329. The number of nitrogen functional groups attached to an aromatic ring is 1. The van der Waals surface area contributed by atoms with E-state index in [1.807, 2.05) is 54.4 Å². The van der Waals surface area contributed by atoms with Crippen LogP contribution in [0.15, 0.2) is 42.9 Å². The van der Waals surface area contributed by atoms with Gasteiger partial charge in [-0.3, -0.25) is 4.79 Å². The summed E-state index contributed by atoms with van der Waals surface area (Å²) in [5, 5.41) is 11.1. The maximum atomic E-state index is 13.1. The molecule has 1 aliphatic carbocycles. The first kappa shape index (κ1) is 19.9. The van der Waals surface area contributed by atoms with Crippen molar-refractivity contribution in [1.82, 2.24) is 29.3 Å². The summed E-state index contributed by atoms with van der Waals surface area (Å²) in [4.78, 5) is 22.1. The summed E-state index contributed by atoms with van der Waals surface area (Å²) in [6, 6.07) is 8.99. The molecule has 1 fully saturated rings. The van der Waals surface area contributed by atoms with Gasteiger partial charge in [0.2, 0.25) is 0 Å². The number of aryl methyl sites for hydroxylation is 2. The summed E-state index contributed by atoms with van der Waals surface area (Å²) >= 11 is 0. The molecule has 9 nitrogen and oxygen atoms in total. The van der Waals surface area contributed by atoms with Crippen molar-refractivity contribution < 1.29 is 4.79 Å². The fourth-order valence-electron chi connectivity index (χ4n) is 3.70. The second-order valence-electron chi connectivity index (χ2n) is 8.20. The van der Waals surface area contributed by atoms with E-state index in [9.17, 15) is 4.79 Å². The highest BCUT2D eigenvalue weighted by atomic mass is 16.1. The predicted octanol–water partition coefficient (Wildman–Crippen LogP) is 3.39. The number of carbonyl (C=O) groups is 1. The molecule has 3 N–H and O–H groups in total. The molecule has 1 amide bonds. The van der Waals surface area contributed by atoms with Crippen LogP contribution in [-0.4, -0.2) is 35.2 Å². The molecule has 0 unspecified atom stereocenters. The highest BCUT2D eigenvalue weighted by Crippen LogP contribution is 2.39. The Hall–Kier alpha value is -4.01. The standard InChI is InChI=1S/C23H24N8O/c1-13-9-17(24)16(10-20(13)31-11-19(25-12-31)15-7-8-15)23(32)27-21-6-4-5-18(26-21)22-29-28-14(2)30(22)3/h4-6,9-12,15H,7-8,24H2,1-3H3,(H,26,27,32). The van der Waals surface area contributed by atoms with Crippen molar-refractivity contribution in [3.63, 3.8) is 0 Å². The van der Waals surface area contributed by atoms with Gasteiger partial charge in [-0.25, -0.2) is 9.97 Å². The molecule has 0 saturated heterocycles. The first-order valence-corrected chi connectivity index (χ1v) is 10.5. The van der Waals surface area contributed by atoms with E-state index in [1.165, 1.54) is 12.8 Å². The Morgan fingerprint density at radius 1 is 1.19 bits per heavy atom. The number of pyridine rings is 1. The van der Waals surface area contributed by atoms with Crippen molar-refractivity contribution in [2.24, 2.45) is 7.05 Å². The minimum atomic E-state index is -0.329. The smallest absolute Gasteiger partial charge is 0.258 e. The lowest BCUT2D eigenvalue weighted by Crippen LogP contribution is -2.16. The average Bonchev–Trinajstić information content (AvgIpc) is 3.41. The van der Waals surface area contributed by atoms with Crippen molar-refractivity contribution >= 4 is 17.4 Å². The van der Waals surface area contributed by atoms with Gasteiger partial charge in [-0.05, 0) is 56.5 Å².